The number of thioether (sulfide) groups is 1. The second kappa shape index (κ2) is 7.94. The minimum Gasteiger partial charge on any atom is -0.185 e. The van der Waals surface area contributed by atoms with Crippen molar-refractivity contribution in [1.29, 1.82) is 5.26 Å². The molecule has 0 aromatic carbocycles. The third-order valence-electron chi connectivity index (χ3n) is 1.93. The third kappa shape index (κ3) is 6.25. The van der Waals surface area contributed by atoms with E-state index in [1.54, 1.807) is 0 Å². The summed E-state index contributed by atoms with van der Waals surface area (Å²) in [5.74, 6) is 1.78. The van der Waals surface area contributed by atoms with Gasteiger partial charge in [0, 0.05) is 5.75 Å². The van der Waals surface area contributed by atoms with Gasteiger partial charge >= 0.3 is 0 Å². The summed E-state index contributed by atoms with van der Waals surface area (Å²) < 4.78 is 0. The van der Waals surface area contributed by atoms with Gasteiger partial charge in [-0.25, -0.2) is 0 Å². The molecule has 0 aromatic rings. The highest BCUT2D eigenvalue weighted by molar-refractivity contribution is 8.03. The van der Waals surface area contributed by atoms with Crippen molar-refractivity contribution in [1.82, 2.24) is 0 Å². The van der Waals surface area contributed by atoms with E-state index in [9.17, 15) is 0 Å². The first-order valence-corrected chi connectivity index (χ1v) is 5.34. The van der Waals surface area contributed by atoms with Crippen LogP contribution in [-0.4, -0.2) is 5.75 Å². The number of nitriles is 1. The fraction of sp³-hybridized carbons (Fsp3) is 0.889. The first kappa shape index (κ1) is 10.8. The highest BCUT2D eigenvalue weighted by Gasteiger charge is 2.04. The van der Waals surface area contributed by atoms with Gasteiger partial charge < -0.3 is 0 Å². The van der Waals surface area contributed by atoms with E-state index in [2.05, 4.69) is 19.2 Å². The topological polar surface area (TPSA) is 23.8 Å². The molecule has 0 bridgehead atoms. The summed E-state index contributed by atoms with van der Waals surface area (Å²) in [7, 11) is 0. The molecule has 0 saturated carbocycles. The van der Waals surface area contributed by atoms with Crippen LogP contribution in [0.25, 0.3) is 0 Å². The van der Waals surface area contributed by atoms with Crippen molar-refractivity contribution in [2.24, 2.45) is 5.92 Å². The van der Waals surface area contributed by atoms with E-state index < -0.39 is 0 Å². The van der Waals surface area contributed by atoms with E-state index in [1.807, 2.05) is 0 Å². The molecule has 1 nitrogen and oxygen atoms in total. The van der Waals surface area contributed by atoms with E-state index in [4.69, 9.17) is 5.26 Å². The number of hydrogen-bond donors (Lipinski definition) is 0. The van der Waals surface area contributed by atoms with Crippen LogP contribution in [0.15, 0.2) is 0 Å². The standard InChI is InChI=1S/C9H17NS/c1-3-5-6-9(4-2)7-11-8-10/h9H,3-7H2,1-2H3. The highest BCUT2D eigenvalue weighted by Crippen LogP contribution is 2.17. The summed E-state index contributed by atoms with van der Waals surface area (Å²) in [6, 6.07) is 0. The van der Waals surface area contributed by atoms with Crippen molar-refractivity contribution in [3.8, 4) is 5.40 Å². The molecule has 0 rings (SSSR count). The van der Waals surface area contributed by atoms with Crippen molar-refractivity contribution in [3.05, 3.63) is 0 Å². The van der Waals surface area contributed by atoms with Gasteiger partial charge in [-0.2, -0.15) is 5.26 Å². The lowest BCUT2D eigenvalue weighted by Crippen LogP contribution is -2.01. The molecule has 0 saturated heterocycles. The second-order valence-electron chi connectivity index (χ2n) is 2.82. The Bertz CT molecular complexity index is 117. The van der Waals surface area contributed by atoms with Gasteiger partial charge in [0.2, 0.25) is 0 Å². The Hall–Kier alpha value is -0.160. The quantitative estimate of drug-likeness (QED) is 0.572. The smallest absolute Gasteiger partial charge is 0.133 e. The molecule has 1 unspecified atom stereocenters. The minimum absolute atomic E-state index is 0.764. The van der Waals surface area contributed by atoms with Crippen molar-refractivity contribution in [2.45, 2.75) is 39.5 Å². The molecule has 64 valence electrons. The summed E-state index contributed by atoms with van der Waals surface area (Å²) in [6.45, 7) is 4.42. The lowest BCUT2D eigenvalue weighted by atomic mass is 10.0. The maximum atomic E-state index is 8.35. The second-order valence-corrected chi connectivity index (χ2v) is 3.62. The van der Waals surface area contributed by atoms with Gasteiger partial charge in [-0.3, -0.25) is 0 Å². The van der Waals surface area contributed by atoms with Gasteiger partial charge in [-0.1, -0.05) is 33.1 Å². The molecule has 0 aromatic heterocycles. The van der Waals surface area contributed by atoms with Crippen molar-refractivity contribution >= 4 is 11.8 Å². The minimum atomic E-state index is 0.764. The van der Waals surface area contributed by atoms with Gasteiger partial charge in [0.1, 0.15) is 5.40 Å². The Labute approximate surface area is 74.2 Å². The Kier molecular flexibility index (Phi) is 7.83. The molecule has 2 heteroatoms. The van der Waals surface area contributed by atoms with Crippen LogP contribution in [0.4, 0.5) is 0 Å². The number of rotatable bonds is 6. The zero-order chi connectivity index (χ0) is 8.53. The summed E-state index contributed by atoms with van der Waals surface area (Å²) >= 11 is 1.40. The first-order valence-electron chi connectivity index (χ1n) is 4.36. The largest absolute Gasteiger partial charge is 0.185 e. The molecule has 0 heterocycles. The van der Waals surface area contributed by atoms with E-state index in [-0.39, 0.29) is 0 Å². The Balaban J connectivity index is 3.34. The molecule has 0 radical (unpaired) electrons. The fourth-order valence-corrected chi connectivity index (χ4v) is 1.77. The number of unbranched alkanes of at least 4 members (excludes halogenated alkanes) is 1. The zero-order valence-corrected chi connectivity index (χ0v) is 8.28. The first-order chi connectivity index (χ1) is 5.35. The Morgan fingerprint density at radius 2 is 2.18 bits per heavy atom. The van der Waals surface area contributed by atoms with Crippen LogP contribution < -0.4 is 0 Å². The average molecular weight is 171 g/mol. The van der Waals surface area contributed by atoms with E-state index in [0.29, 0.717) is 0 Å². The fourth-order valence-electron chi connectivity index (χ4n) is 1.05. The van der Waals surface area contributed by atoms with Crippen LogP contribution in [0.3, 0.4) is 0 Å². The van der Waals surface area contributed by atoms with Crippen molar-refractivity contribution in [2.75, 3.05) is 5.75 Å². The molecule has 0 spiro atoms. The number of hydrogen-bond acceptors (Lipinski definition) is 2. The van der Waals surface area contributed by atoms with Crippen LogP contribution in [0.1, 0.15) is 39.5 Å². The SMILES string of the molecule is CCCCC(CC)CSC#N. The molecule has 0 aliphatic heterocycles. The summed E-state index contributed by atoms with van der Waals surface area (Å²) in [5, 5.41) is 10.5. The lowest BCUT2D eigenvalue weighted by molar-refractivity contribution is 0.500. The van der Waals surface area contributed by atoms with Crippen molar-refractivity contribution < 1.29 is 0 Å². The molecule has 0 amide bonds. The maximum Gasteiger partial charge on any atom is 0.133 e. The summed E-state index contributed by atoms with van der Waals surface area (Å²) in [4.78, 5) is 0. The van der Waals surface area contributed by atoms with E-state index in [1.165, 1.54) is 37.4 Å². The Morgan fingerprint density at radius 1 is 1.45 bits per heavy atom. The van der Waals surface area contributed by atoms with Crippen LogP contribution in [0, 0.1) is 16.6 Å². The Morgan fingerprint density at radius 3 is 2.64 bits per heavy atom. The lowest BCUT2D eigenvalue weighted by Gasteiger charge is -2.10. The maximum absolute atomic E-state index is 8.35. The highest BCUT2D eigenvalue weighted by atomic mass is 32.2. The molecule has 1 atom stereocenters. The summed E-state index contributed by atoms with van der Waals surface area (Å²) in [6.07, 6.45) is 5.09. The average Bonchev–Trinajstić information content (AvgIpc) is 2.05. The predicted molar refractivity (Wildman–Crippen MR) is 51.4 cm³/mol. The van der Waals surface area contributed by atoms with E-state index >= 15 is 0 Å². The molecular weight excluding hydrogens is 154 g/mol. The van der Waals surface area contributed by atoms with Gasteiger partial charge in [-0.05, 0) is 24.1 Å². The van der Waals surface area contributed by atoms with Crippen molar-refractivity contribution in [3.63, 3.8) is 0 Å². The van der Waals surface area contributed by atoms with Crippen LogP contribution in [0.2, 0.25) is 0 Å². The monoisotopic (exact) mass is 171 g/mol. The van der Waals surface area contributed by atoms with Crippen LogP contribution in [0.5, 0.6) is 0 Å². The van der Waals surface area contributed by atoms with Gasteiger partial charge in [0.25, 0.3) is 0 Å². The van der Waals surface area contributed by atoms with Gasteiger partial charge in [-0.15, -0.1) is 0 Å². The van der Waals surface area contributed by atoms with Crippen LogP contribution >= 0.6 is 11.8 Å². The van der Waals surface area contributed by atoms with Gasteiger partial charge in [0.05, 0.1) is 0 Å². The number of nitrogens with zero attached hydrogens (tertiary/aromatic N) is 1. The normalized spacial score (nSPS) is 12.5. The molecule has 0 aliphatic carbocycles. The number of thiocyanates is 1. The molecular formula is C9H17NS. The summed E-state index contributed by atoms with van der Waals surface area (Å²) in [5.41, 5.74) is 0. The molecule has 11 heavy (non-hydrogen) atoms. The van der Waals surface area contributed by atoms with Gasteiger partial charge in [0.15, 0.2) is 0 Å². The molecule has 0 aliphatic rings. The predicted octanol–water partition coefficient (Wildman–Crippen LogP) is 3.42. The van der Waals surface area contributed by atoms with E-state index in [0.717, 1.165) is 11.7 Å². The third-order valence-corrected chi connectivity index (χ3v) is 2.69. The zero-order valence-electron chi connectivity index (χ0n) is 7.47. The molecule has 0 N–H and O–H groups in total. The molecule has 0 fully saturated rings. The van der Waals surface area contributed by atoms with Crippen LogP contribution in [-0.2, 0) is 0 Å².